The molecule has 0 spiro atoms. The second kappa shape index (κ2) is 5.92. The Kier molecular flexibility index (Phi) is 4.83. The van der Waals surface area contributed by atoms with Gasteiger partial charge >= 0.3 is 0 Å². The normalized spacial score (nSPS) is 10.6. The molecule has 0 saturated carbocycles. The third-order valence-corrected chi connectivity index (χ3v) is 3.19. The van der Waals surface area contributed by atoms with Gasteiger partial charge in [0.05, 0.1) is 5.75 Å². The molecule has 0 unspecified atom stereocenters. The van der Waals surface area contributed by atoms with E-state index >= 15 is 0 Å². The van der Waals surface area contributed by atoms with E-state index in [2.05, 4.69) is 37.5 Å². The molecule has 1 N–H and O–H groups in total. The highest BCUT2D eigenvalue weighted by Crippen LogP contribution is 2.20. The van der Waals surface area contributed by atoms with Gasteiger partial charge < -0.3 is 0 Å². The van der Waals surface area contributed by atoms with Crippen LogP contribution in [0, 0.1) is 13.8 Å². The van der Waals surface area contributed by atoms with Crippen LogP contribution in [-0.4, -0.2) is 30.8 Å². The predicted molar refractivity (Wildman–Crippen MR) is 68.5 cm³/mol. The van der Waals surface area contributed by atoms with Crippen LogP contribution in [0.25, 0.3) is 0 Å². The molecule has 0 aromatic heterocycles. The summed E-state index contributed by atoms with van der Waals surface area (Å²) < 4.78 is 0. The molecule has 4 heteroatoms. The van der Waals surface area contributed by atoms with Crippen molar-refractivity contribution in [2.24, 2.45) is 0 Å². The first-order valence-electron chi connectivity index (χ1n) is 5.16. The number of hydrazine groups is 1. The minimum absolute atomic E-state index is 0.0215. The number of amides is 1. The SMILES string of the molecule is Cc1ccc(SCC(=O)NN(C)C)cc1C. The van der Waals surface area contributed by atoms with Crippen molar-refractivity contribution in [2.75, 3.05) is 19.8 Å². The molecule has 0 atom stereocenters. The fourth-order valence-corrected chi connectivity index (χ4v) is 2.02. The van der Waals surface area contributed by atoms with E-state index in [1.165, 1.54) is 11.1 Å². The van der Waals surface area contributed by atoms with Crippen LogP contribution >= 0.6 is 11.8 Å². The number of benzene rings is 1. The van der Waals surface area contributed by atoms with Gasteiger partial charge in [0.2, 0.25) is 5.91 Å². The molecule has 1 aromatic carbocycles. The topological polar surface area (TPSA) is 32.3 Å². The van der Waals surface area contributed by atoms with Crippen LogP contribution in [0.1, 0.15) is 11.1 Å². The van der Waals surface area contributed by atoms with Crippen molar-refractivity contribution < 1.29 is 4.79 Å². The van der Waals surface area contributed by atoms with E-state index in [1.54, 1.807) is 30.9 Å². The van der Waals surface area contributed by atoms with Crippen LogP contribution in [0.2, 0.25) is 0 Å². The van der Waals surface area contributed by atoms with E-state index in [-0.39, 0.29) is 5.91 Å². The van der Waals surface area contributed by atoms with Crippen LogP contribution in [0.15, 0.2) is 23.1 Å². The number of rotatable bonds is 4. The quantitative estimate of drug-likeness (QED) is 0.643. The van der Waals surface area contributed by atoms with Crippen molar-refractivity contribution in [2.45, 2.75) is 18.7 Å². The Balaban J connectivity index is 2.48. The van der Waals surface area contributed by atoms with Gasteiger partial charge in [-0.1, -0.05) is 6.07 Å². The van der Waals surface area contributed by atoms with E-state index in [4.69, 9.17) is 0 Å². The van der Waals surface area contributed by atoms with Gasteiger partial charge in [-0.05, 0) is 37.1 Å². The molecule has 0 aliphatic heterocycles. The maximum absolute atomic E-state index is 11.4. The van der Waals surface area contributed by atoms with Gasteiger partial charge in [-0.15, -0.1) is 11.8 Å². The Morgan fingerprint density at radius 3 is 2.56 bits per heavy atom. The number of thioether (sulfide) groups is 1. The first-order valence-corrected chi connectivity index (χ1v) is 6.14. The average Bonchev–Trinajstić information content (AvgIpc) is 2.19. The number of carbonyl (C=O) groups is 1. The Bertz CT molecular complexity index is 377. The summed E-state index contributed by atoms with van der Waals surface area (Å²) in [5.41, 5.74) is 5.25. The Labute approximate surface area is 101 Å². The predicted octanol–water partition coefficient (Wildman–Crippen LogP) is 1.99. The van der Waals surface area contributed by atoms with Crippen molar-refractivity contribution >= 4 is 17.7 Å². The highest BCUT2D eigenvalue weighted by Gasteiger charge is 2.03. The summed E-state index contributed by atoms with van der Waals surface area (Å²) in [6, 6.07) is 6.25. The van der Waals surface area contributed by atoms with Gasteiger partial charge in [-0.25, -0.2) is 5.01 Å². The molecule has 0 fully saturated rings. The molecule has 0 radical (unpaired) electrons. The highest BCUT2D eigenvalue weighted by molar-refractivity contribution is 8.00. The molecule has 0 saturated heterocycles. The summed E-state index contributed by atoms with van der Waals surface area (Å²) in [5.74, 6) is 0.467. The van der Waals surface area contributed by atoms with Gasteiger partial charge in [0.25, 0.3) is 0 Å². The maximum atomic E-state index is 11.4. The molecule has 0 heterocycles. The number of carbonyl (C=O) groups excluding carboxylic acids is 1. The average molecular weight is 238 g/mol. The molecule has 3 nitrogen and oxygen atoms in total. The fraction of sp³-hybridized carbons (Fsp3) is 0.417. The molecule has 0 aliphatic rings. The van der Waals surface area contributed by atoms with Crippen molar-refractivity contribution in [1.82, 2.24) is 10.4 Å². The molecule has 1 aromatic rings. The molecule has 16 heavy (non-hydrogen) atoms. The minimum Gasteiger partial charge on any atom is -0.289 e. The van der Waals surface area contributed by atoms with Crippen LogP contribution in [0.4, 0.5) is 0 Å². The summed E-state index contributed by atoms with van der Waals surface area (Å²) in [5, 5.41) is 1.66. The molecular formula is C12H18N2OS. The number of hydrogen-bond donors (Lipinski definition) is 1. The Morgan fingerprint density at radius 2 is 2.00 bits per heavy atom. The molecular weight excluding hydrogens is 220 g/mol. The third-order valence-electron chi connectivity index (χ3n) is 2.20. The number of nitrogens with zero attached hydrogens (tertiary/aromatic N) is 1. The van der Waals surface area contributed by atoms with Crippen molar-refractivity contribution in [3.63, 3.8) is 0 Å². The lowest BCUT2D eigenvalue weighted by Crippen LogP contribution is -2.37. The second-order valence-corrected chi connectivity index (χ2v) is 5.01. The summed E-state index contributed by atoms with van der Waals surface area (Å²) in [4.78, 5) is 12.5. The zero-order chi connectivity index (χ0) is 12.1. The van der Waals surface area contributed by atoms with Crippen LogP contribution in [0.3, 0.4) is 0 Å². The number of hydrogen-bond acceptors (Lipinski definition) is 3. The van der Waals surface area contributed by atoms with E-state index in [9.17, 15) is 4.79 Å². The standard InChI is InChI=1S/C12H18N2OS/c1-9-5-6-11(7-10(9)2)16-8-12(15)13-14(3)4/h5-7H,8H2,1-4H3,(H,13,15). The third kappa shape index (κ3) is 4.24. The molecule has 1 rings (SSSR count). The monoisotopic (exact) mass is 238 g/mol. The van der Waals surface area contributed by atoms with Gasteiger partial charge in [0.15, 0.2) is 0 Å². The van der Waals surface area contributed by atoms with E-state index < -0.39 is 0 Å². The molecule has 0 bridgehead atoms. The smallest absolute Gasteiger partial charge is 0.244 e. The minimum atomic E-state index is 0.0215. The summed E-state index contributed by atoms with van der Waals surface area (Å²) >= 11 is 1.55. The summed E-state index contributed by atoms with van der Waals surface area (Å²) in [6.07, 6.45) is 0. The second-order valence-electron chi connectivity index (χ2n) is 3.96. The first kappa shape index (κ1) is 13.1. The number of nitrogens with one attached hydrogen (secondary N) is 1. The summed E-state index contributed by atoms with van der Waals surface area (Å²) in [7, 11) is 3.61. The zero-order valence-electron chi connectivity index (χ0n) is 10.2. The van der Waals surface area contributed by atoms with Crippen LogP contribution < -0.4 is 5.43 Å². The lowest BCUT2D eigenvalue weighted by Gasteiger charge is -2.11. The Morgan fingerprint density at radius 1 is 1.31 bits per heavy atom. The highest BCUT2D eigenvalue weighted by atomic mass is 32.2. The van der Waals surface area contributed by atoms with Crippen molar-refractivity contribution in [1.29, 1.82) is 0 Å². The van der Waals surface area contributed by atoms with E-state index in [1.807, 2.05) is 0 Å². The fourth-order valence-electron chi connectivity index (χ4n) is 1.23. The maximum Gasteiger partial charge on any atom is 0.244 e. The van der Waals surface area contributed by atoms with Gasteiger partial charge in [0.1, 0.15) is 0 Å². The summed E-state index contributed by atoms with van der Waals surface area (Å²) in [6.45, 7) is 4.17. The largest absolute Gasteiger partial charge is 0.289 e. The lowest BCUT2D eigenvalue weighted by atomic mass is 10.1. The van der Waals surface area contributed by atoms with Gasteiger partial charge in [-0.2, -0.15) is 0 Å². The lowest BCUT2D eigenvalue weighted by molar-refractivity contribution is -0.122. The van der Waals surface area contributed by atoms with Crippen molar-refractivity contribution in [3.8, 4) is 0 Å². The molecule has 88 valence electrons. The first-order chi connectivity index (χ1) is 7.49. The van der Waals surface area contributed by atoms with Crippen LogP contribution in [-0.2, 0) is 4.79 Å². The molecule has 1 amide bonds. The van der Waals surface area contributed by atoms with Crippen LogP contribution in [0.5, 0.6) is 0 Å². The van der Waals surface area contributed by atoms with E-state index in [0.717, 1.165) is 4.90 Å². The Hall–Kier alpha value is -1.00. The van der Waals surface area contributed by atoms with Gasteiger partial charge in [-0.3, -0.25) is 10.2 Å². The van der Waals surface area contributed by atoms with Gasteiger partial charge in [0, 0.05) is 19.0 Å². The molecule has 0 aliphatic carbocycles. The van der Waals surface area contributed by atoms with E-state index in [0.29, 0.717) is 5.75 Å². The van der Waals surface area contributed by atoms with Crippen molar-refractivity contribution in [3.05, 3.63) is 29.3 Å². The number of aryl methyl sites for hydroxylation is 2. The zero-order valence-corrected chi connectivity index (χ0v) is 11.0.